The van der Waals surface area contributed by atoms with E-state index in [2.05, 4.69) is 20.9 Å². The van der Waals surface area contributed by atoms with Gasteiger partial charge in [-0.2, -0.15) is 0 Å². The van der Waals surface area contributed by atoms with Crippen LogP contribution in [0.1, 0.15) is 0 Å². The fourth-order valence-electron chi connectivity index (χ4n) is 2.60. The molecule has 0 unspecified atom stereocenters. The molecule has 2 saturated heterocycles. The average molecular weight is 341 g/mol. The minimum absolute atomic E-state index is 0.0993. The Bertz CT molecular complexity index is 550. The van der Waals surface area contributed by atoms with E-state index >= 15 is 0 Å². The molecule has 0 spiro atoms. The van der Waals surface area contributed by atoms with E-state index < -0.39 is 6.09 Å². The number of carbonyl (C=O) groups is 2. The Morgan fingerprint density at radius 3 is 2.80 bits per heavy atom. The number of rotatable bonds is 1. The van der Waals surface area contributed by atoms with Crippen molar-refractivity contribution in [3.63, 3.8) is 0 Å². The summed E-state index contributed by atoms with van der Waals surface area (Å²) < 4.78 is 0.850. The molecule has 0 aliphatic carbocycles. The first kappa shape index (κ1) is 13.2. The second-order valence-corrected chi connectivity index (χ2v) is 5.72. The van der Waals surface area contributed by atoms with Crippen LogP contribution in [0.2, 0.25) is 0 Å². The predicted octanol–water partition coefficient (Wildman–Crippen LogP) is 1.45. The highest BCUT2D eigenvalue weighted by Crippen LogP contribution is 2.25. The van der Waals surface area contributed by atoms with Crippen LogP contribution in [-0.2, 0) is 0 Å². The maximum atomic E-state index is 12.3. The van der Waals surface area contributed by atoms with Gasteiger partial charge in [0.1, 0.15) is 5.82 Å². The van der Waals surface area contributed by atoms with Crippen molar-refractivity contribution >= 4 is 33.9 Å². The zero-order valence-corrected chi connectivity index (χ0v) is 12.2. The Morgan fingerprint density at radius 2 is 2.15 bits per heavy atom. The van der Waals surface area contributed by atoms with E-state index in [0.717, 1.165) is 4.47 Å². The summed E-state index contributed by atoms with van der Waals surface area (Å²) in [5, 5.41) is 9.03. The largest absolute Gasteiger partial charge is 0.465 e. The lowest BCUT2D eigenvalue weighted by atomic mass is 10.2. The summed E-state index contributed by atoms with van der Waals surface area (Å²) in [5.41, 5.74) is 0. The highest BCUT2D eigenvalue weighted by atomic mass is 79.9. The Kier molecular flexibility index (Phi) is 3.25. The van der Waals surface area contributed by atoms with Crippen LogP contribution in [0, 0.1) is 0 Å². The molecule has 0 aromatic carbocycles. The molecule has 20 heavy (non-hydrogen) atoms. The van der Waals surface area contributed by atoms with Gasteiger partial charge in [-0.1, -0.05) is 0 Å². The van der Waals surface area contributed by atoms with E-state index in [1.807, 2.05) is 6.07 Å². The van der Waals surface area contributed by atoms with Gasteiger partial charge in [0.15, 0.2) is 0 Å². The molecule has 3 rings (SSSR count). The predicted molar refractivity (Wildman–Crippen MR) is 74.8 cm³/mol. The average Bonchev–Trinajstić information content (AvgIpc) is 2.76. The number of urea groups is 1. The van der Waals surface area contributed by atoms with Gasteiger partial charge < -0.3 is 14.9 Å². The van der Waals surface area contributed by atoms with E-state index in [9.17, 15) is 9.59 Å². The van der Waals surface area contributed by atoms with Crippen LogP contribution in [-0.4, -0.2) is 64.2 Å². The molecule has 1 aromatic heterocycles. The summed E-state index contributed by atoms with van der Waals surface area (Å²) in [6, 6.07) is 3.40. The van der Waals surface area contributed by atoms with Crippen molar-refractivity contribution in [1.29, 1.82) is 0 Å². The highest BCUT2D eigenvalue weighted by Gasteiger charge is 2.42. The third-order valence-corrected chi connectivity index (χ3v) is 4.08. The first-order valence-corrected chi connectivity index (χ1v) is 7.03. The molecule has 0 saturated carbocycles. The van der Waals surface area contributed by atoms with Gasteiger partial charge in [-0.05, 0) is 28.1 Å². The molecule has 106 valence electrons. The summed E-state index contributed by atoms with van der Waals surface area (Å²) in [5.74, 6) is 0.592. The number of carboxylic acid groups (broad SMARTS) is 1. The topological polar surface area (TPSA) is 77.0 Å². The number of amides is 3. The van der Waals surface area contributed by atoms with E-state index in [0.29, 0.717) is 32.0 Å². The maximum Gasteiger partial charge on any atom is 0.407 e. The number of aromatic nitrogens is 1. The molecule has 2 aliphatic heterocycles. The molecule has 2 aliphatic rings. The van der Waals surface area contributed by atoms with E-state index in [-0.39, 0.29) is 12.1 Å². The summed E-state index contributed by atoms with van der Waals surface area (Å²) >= 11 is 3.31. The number of pyridine rings is 1. The lowest BCUT2D eigenvalue weighted by Crippen LogP contribution is -2.53. The number of hydrogen-bond donors (Lipinski definition) is 1. The van der Waals surface area contributed by atoms with Crippen molar-refractivity contribution in [3.8, 4) is 0 Å². The molecular formula is C12H13BrN4O3. The fraction of sp³-hybridized carbons (Fsp3) is 0.417. The summed E-state index contributed by atoms with van der Waals surface area (Å²) in [7, 11) is 0. The first-order chi connectivity index (χ1) is 9.56. The van der Waals surface area contributed by atoms with E-state index in [4.69, 9.17) is 5.11 Å². The number of hydrogen-bond acceptors (Lipinski definition) is 3. The standard InChI is InChI=1S/C12H13BrN4O3/c13-8-1-2-10(14-5-8)17-7-9-6-15(12(19)20)3-4-16(9)11(17)18/h1-2,5,9H,3-4,6-7H2,(H,19,20)/t9-/m0/s1. The maximum absolute atomic E-state index is 12.3. The molecule has 2 fully saturated rings. The van der Waals surface area contributed by atoms with Crippen molar-refractivity contribution in [3.05, 3.63) is 22.8 Å². The summed E-state index contributed by atoms with van der Waals surface area (Å²) in [6.45, 7) is 1.62. The number of carbonyl (C=O) groups excluding carboxylic acids is 1. The Hall–Kier alpha value is -1.83. The van der Waals surface area contributed by atoms with Crippen LogP contribution < -0.4 is 4.90 Å². The lowest BCUT2D eigenvalue weighted by molar-refractivity contribution is 0.0997. The summed E-state index contributed by atoms with van der Waals surface area (Å²) in [4.78, 5) is 32.2. The molecular weight excluding hydrogens is 328 g/mol. The van der Waals surface area contributed by atoms with Gasteiger partial charge in [0.05, 0.1) is 12.6 Å². The van der Waals surface area contributed by atoms with Gasteiger partial charge in [0.2, 0.25) is 0 Å². The zero-order chi connectivity index (χ0) is 14.3. The van der Waals surface area contributed by atoms with Crippen LogP contribution in [0.25, 0.3) is 0 Å². The molecule has 3 amide bonds. The minimum Gasteiger partial charge on any atom is -0.465 e. The Morgan fingerprint density at radius 1 is 1.35 bits per heavy atom. The molecule has 1 atom stereocenters. The molecule has 7 nitrogen and oxygen atoms in total. The van der Waals surface area contributed by atoms with Gasteiger partial charge in [0.25, 0.3) is 0 Å². The number of piperazine rings is 1. The monoisotopic (exact) mass is 340 g/mol. The van der Waals surface area contributed by atoms with Crippen LogP contribution in [0.4, 0.5) is 15.4 Å². The van der Waals surface area contributed by atoms with Gasteiger partial charge in [-0.25, -0.2) is 14.6 Å². The van der Waals surface area contributed by atoms with Crippen molar-refractivity contribution in [1.82, 2.24) is 14.8 Å². The fourth-order valence-corrected chi connectivity index (χ4v) is 2.83. The quantitative estimate of drug-likeness (QED) is 0.839. The van der Waals surface area contributed by atoms with Crippen LogP contribution in [0.3, 0.4) is 0 Å². The molecule has 0 radical (unpaired) electrons. The van der Waals surface area contributed by atoms with Gasteiger partial charge in [0, 0.05) is 30.3 Å². The van der Waals surface area contributed by atoms with Gasteiger partial charge in [-0.3, -0.25) is 4.90 Å². The highest BCUT2D eigenvalue weighted by molar-refractivity contribution is 9.10. The Balaban J connectivity index is 1.79. The van der Waals surface area contributed by atoms with Crippen molar-refractivity contribution < 1.29 is 14.7 Å². The van der Waals surface area contributed by atoms with Crippen LogP contribution in [0.5, 0.6) is 0 Å². The molecule has 1 aromatic rings. The second-order valence-electron chi connectivity index (χ2n) is 4.80. The second kappa shape index (κ2) is 4.93. The molecule has 1 N–H and O–H groups in total. The van der Waals surface area contributed by atoms with Crippen molar-refractivity contribution in [2.75, 3.05) is 31.1 Å². The van der Waals surface area contributed by atoms with E-state index in [1.165, 1.54) is 4.90 Å². The van der Waals surface area contributed by atoms with Crippen LogP contribution >= 0.6 is 15.9 Å². The van der Waals surface area contributed by atoms with Gasteiger partial charge >= 0.3 is 12.1 Å². The lowest BCUT2D eigenvalue weighted by Gasteiger charge is -2.34. The minimum atomic E-state index is -0.933. The molecule has 8 heteroatoms. The third kappa shape index (κ3) is 2.20. The van der Waals surface area contributed by atoms with Gasteiger partial charge in [-0.15, -0.1) is 0 Å². The molecule has 3 heterocycles. The summed E-state index contributed by atoms with van der Waals surface area (Å²) in [6.07, 6.45) is 0.709. The third-order valence-electron chi connectivity index (χ3n) is 3.61. The first-order valence-electron chi connectivity index (χ1n) is 6.24. The Labute approximate surface area is 123 Å². The van der Waals surface area contributed by atoms with Crippen molar-refractivity contribution in [2.45, 2.75) is 6.04 Å². The van der Waals surface area contributed by atoms with Crippen molar-refractivity contribution in [2.24, 2.45) is 0 Å². The van der Waals surface area contributed by atoms with E-state index in [1.54, 1.807) is 22.1 Å². The van der Waals surface area contributed by atoms with Crippen LogP contribution in [0.15, 0.2) is 22.8 Å². The SMILES string of the molecule is O=C(O)N1CCN2C(=O)N(c3ccc(Br)cn3)C[C@@H]2C1. The zero-order valence-electron chi connectivity index (χ0n) is 10.6. The number of halogens is 1. The number of nitrogens with zero attached hydrogens (tertiary/aromatic N) is 4. The number of fused-ring (bicyclic) bond motifs is 1. The normalized spacial score (nSPS) is 22.1. The molecule has 0 bridgehead atoms. The number of anilines is 1. The smallest absolute Gasteiger partial charge is 0.407 e.